The Morgan fingerprint density at radius 2 is 2.05 bits per heavy atom. The first-order chi connectivity index (χ1) is 10.1. The third-order valence-corrected chi connectivity index (χ3v) is 4.46. The third kappa shape index (κ3) is 2.52. The van der Waals surface area contributed by atoms with Crippen LogP contribution in [0.5, 0.6) is 0 Å². The molecule has 0 spiro atoms. The molecule has 0 saturated heterocycles. The van der Waals surface area contributed by atoms with E-state index >= 15 is 0 Å². The lowest BCUT2D eigenvalue weighted by atomic mass is 10.1. The topological polar surface area (TPSA) is 69.6 Å². The Balaban J connectivity index is 2.22. The summed E-state index contributed by atoms with van der Waals surface area (Å²) in [7, 11) is 0. The maximum atomic E-state index is 6.13. The Bertz CT molecular complexity index is 798. The maximum absolute atomic E-state index is 6.13. The van der Waals surface area contributed by atoms with Gasteiger partial charge in [-0.25, -0.2) is 0 Å². The number of aromatic nitrogens is 4. The zero-order valence-electron chi connectivity index (χ0n) is 11.1. The highest BCUT2D eigenvalue weighted by Gasteiger charge is 2.16. The van der Waals surface area contributed by atoms with E-state index in [-0.39, 0.29) is 0 Å². The van der Waals surface area contributed by atoms with Crippen LogP contribution >= 0.6 is 27.5 Å². The highest BCUT2D eigenvalue weighted by atomic mass is 79.9. The van der Waals surface area contributed by atoms with Crippen molar-refractivity contribution in [3.05, 3.63) is 51.5 Å². The number of nitrogens with zero attached hydrogens (tertiary/aromatic N) is 4. The number of hydrogen-bond donors (Lipinski definition) is 1. The standard InChI is InChI=1S/C14H11BrClN5/c1-8-5-6-11(17)9(7-8)14-18-19-20-21(14)12-4-2-3-10(16)13(12)15/h2-7H,17H2,1H3. The molecule has 7 heteroatoms. The first-order valence-electron chi connectivity index (χ1n) is 6.17. The summed E-state index contributed by atoms with van der Waals surface area (Å²) < 4.78 is 2.34. The molecule has 1 heterocycles. The Labute approximate surface area is 134 Å². The number of aryl methyl sites for hydroxylation is 1. The smallest absolute Gasteiger partial charge is 0.189 e. The largest absolute Gasteiger partial charge is 0.398 e. The zero-order chi connectivity index (χ0) is 15.0. The minimum atomic E-state index is 0.569. The summed E-state index contributed by atoms with van der Waals surface area (Å²) in [6.07, 6.45) is 0. The highest BCUT2D eigenvalue weighted by molar-refractivity contribution is 9.10. The van der Waals surface area contributed by atoms with Crippen molar-refractivity contribution in [3.63, 3.8) is 0 Å². The van der Waals surface area contributed by atoms with E-state index < -0.39 is 0 Å². The number of rotatable bonds is 2. The van der Waals surface area contributed by atoms with E-state index in [1.54, 1.807) is 10.7 Å². The van der Waals surface area contributed by atoms with Crippen LogP contribution < -0.4 is 5.73 Å². The monoisotopic (exact) mass is 363 g/mol. The second-order valence-corrected chi connectivity index (χ2v) is 5.78. The van der Waals surface area contributed by atoms with Crippen LogP contribution in [0.1, 0.15) is 5.56 Å². The van der Waals surface area contributed by atoms with Crippen LogP contribution in [0.25, 0.3) is 17.1 Å². The molecule has 0 saturated carbocycles. The number of nitrogen functional groups attached to an aromatic ring is 1. The van der Waals surface area contributed by atoms with Gasteiger partial charge in [0.05, 0.1) is 15.2 Å². The molecule has 0 aliphatic heterocycles. The Morgan fingerprint density at radius 1 is 1.24 bits per heavy atom. The van der Waals surface area contributed by atoms with Crippen LogP contribution in [-0.4, -0.2) is 20.2 Å². The third-order valence-electron chi connectivity index (χ3n) is 3.08. The number of halogens is 2. The molecule has 106 valence electrons. The van der Waals surface area contributed by atoms with Gasteiger partial charge in [0.1, 0.15) is 0 Å². The number of hydrogen-bond acceptors (Lipinski definition) is 4. The van der Waals surface area contributed by atoms with Gasteiger partial charge in [0.2, 0.25) is 0 Å². The summed E-state index contributed by atoms with van der Waals surface area (Å²) in [4.78, 5) is 0. The van der Waals surface area contributed by atoms with Crippen LogP contribution in [0, 0.1) is 6.92 Å². The molecule has 1 aromatic heterocycles. The normalized spacial score (nSPS) is 10.8. The fraction of sp³-hybridized carbons (Fsp3) is 0.0714. The molecule has 0 unspecified atom stereocenters. The summed E-state index contributed by atoms with van der Waals surface area (Å²) in [5, 5.41) is 12.5. The average Bonchev–Trinajstić information content (AvgIpc) is 2.93. The Hall–Kier alpha value is -1.92. The van der Waals surface area contributed by atoms with E-state index in [9.17, 15) is 0 Å². The van der Waals surface area contributed by atoms with Gasteiger partial charge in [-0.05, 0) is 57.5 Å². The molecule has 0 aliphatic carbocycles. The second kappa shape index (κ2) is 5.46. The minimum Gasteiger partial charge on any atom is -0.398 e. The van der Waals surface area contributed by atoms with Crippen LogP contribution in [0.3, 0.4) is 0 Å². The summed E-state index contributed by atoms with van der Waals surface area (Å²) in [6, 6.07) is 11.3. The molecule has 0 aliphatic rings. The predicted molar refractivity (Wildman–Crippen MR) is 86.4 cm³/mol. The van der Waals surface area contributed by atoms with Crippen LogP contribution in [0.15, 0.2) is 40.9 Å². The van der Waals surface area contributed by atoms with E-state index in [2.05, 4.69) is 31.5 Å². The van der Waals surface area contributed by atoms with Crippen molar-refractivity contribution in [1.29, 1.82) is 0 Å². The summed E-state index contributed by atoms with van der Waals surface area (Å²) in [5.74, 6) is 0.569. The molecule has 0 fully saturated rings. The molecular formula is C14H11BrClN5. The first kappa shape index (κ1) is 14.0. The summed E-state index contributed by atoms with van der Waals surface area (Å²) >= 11 is 9.59. The van der Waals surface area contributed by atoms with Crippen molar-refractivity contribution < 1.29 is 0 Å². The van der Waals surface area contributed by atoms with Crippen molar-refractivity contribution in [2.45, 2.75) is 6.92 Å². The molecule has 0 radical (unpaired) electrons. The van der Waals surface area contributed by atoms with Gasteiger partial charge in [0, 0.05) is 11.3 Å². The number of tetrazole rings is 1. The van der Waals surface area contributed by atoms with Gasteiger partial charge < -0.3 is 5.73 Å². The average molecular weight is 365 g/mol. The van der Waals surface area contributed by atoms with E-state index in [1.165, 1.54) is 0 Å². The molecule has 0 amide bonds. The minimum absolute atomic E-state index is 0.569. The molecule has 0 bridgehead atoms. The zero-order valence-corrected chi connectivity index (χ0v) is 13.4. The molecule has 3 rings (SSSR count). The summed E-state index contributed by atoms with van der Waals surface area (Å²) in [5.41, 5.74) is 9.29. The van der Waals surface area contributed by atoms with E-state index in [0.29, 0.717) is 16.5 Å². The van der Waals surface area contributed by atoms with E-state index in [4.69, 9.17) is 17.3 Å². The number of nitrogens with two attached hydrogens (primary N) is 1. The van der Waals surface area contributed by atoms with Gasteiger partial charge in [-0.2, -0.15) is 4.68 Å². The van der Waals surface area contributed by atoms with Crippen molar-refractivity contribution in [2.75, 3.05) is 5.73 Å². The van der Waals surface area contributed by atoms with E-state index in [0.717, 1.165) is 21.3 Å². The second-order valence-electron chi connectivity index (χ2n) is 4.58. The fourth-order valence-electron chi connectivity index (χ4n) is 2.04. The molecule has 5 nitrogen and oxygen atoms in total. The molecule has 2 N–H and O–H groups in total. The van der Waals surface area contributed by atoms with Gasteiger partial charge in [0.15, 0.2) is 5.82 Å². The van der Waals surface area contributed by atoms with Crippen molar-refractivity contribution in [3.8, 4) is 17.1 Å². The predicted octanol–water partition coefficient (Wildman–Crippen LogP) is 3.64. The molecule has 21 heavy (non-hydrogen) atoms. The summed E-state index contributed by atoms with van der Waals surface area (Å²) in [6.45, 7) is 1.99. The van der Waals surface area contributed by atoms with E-state index in [1.807, 2.05) is 37.3 Å². The number of anilines is 1. The number of benzene rings is 2. The van der Waals surface area contributed by atoms with Gasteiger partial charge in [-0.15, -0.1) is 5.10 Å². The van der Waals surface area contributed by atoms with Crippen molar-refractivity contribution in [1.82, 2.24) is 20.2 Å². The fourth-order valence-corrected chi connectivity index (χ4v) is 2.64. The molecular weight excluding hydrogens is 354 g/mol. The van der Waals surface area contributed by atoms with Crippen molar-refractivity contribution >= 4 is 33.2 Å². The lowest BCUT2D eigenvalue weighted by Gasteiger charge is -2.10. The van der Waals surface area contributed by atoms with Crippen molar-refractivity contribution in [2.24, 2.45) is 0 Å². The first-order valence-corrected chi connectivity index (χ1v) is 7.34. The van der Waals surface area contributed by atoms with Crippen LogP contribution in [-0.2, 0) is 0 Å². The van der Waals surface area contributed by atoms with Gasteiger partial charge >= 0.3 is 0 Å². The van der Waals surface area contributed by atoms with Gasteiger partial charge in [-0.1, -0.05) is 29.3 Å². The molecule has 3 aromatic rings. The highest BCUT2D eigenvalue weighted by Crippen LogP contribution is 2.32. The lowest BCUT2D eigenvalue weighted by Crippen LogP contribution is -2.03. The molecule has 2 aromatic carbocycles. The Kier molecular flexibility index (Phi) is 3.65. The Morgan fingerprint density at radius 3 is 2.86 bits per heavy atom. The van der Waals surface area contributed by atoms with Crippen LogP contribution in [0.4, 0.5) is 5.69 Å². The lowest BCUT2D eigenvalue weighted by molar-refractivity contribution is 0.789. The van der Waals surface area contributed by atoms with Crippen LogP contribution in [0.2, 0.25) is 5.02 Å². The van der Waals surface area contributed by atoms with Gasteiger partial charge in [-0.3, -0.25) is 0 Å². The SMILES string of the molecule is Cc1ccc(N)c(-c2nnnn2-c2cccc(Cl)c2Br)c1. The molecule has 0 atom stereocenters. The van der Waals surface area contributed by atoms with Gasteiger partial charge in [0.25, 0.3) is 0 Å². The maximum Gasteiger partial charge on any atom is 0.189 e. The quantitative estimate of drug-likeness (QED) is 0.705.